The standard InChI is InChI=1S/C30H26N2O7/c1-37-29(33)18-10-11-22(28(14-18)32(35)36)19-12-20-15-38-16-21(13-19)31(20)30(34)39-17-27-25-8-4-2-6-23(25)24-7-3-5-9-26(24)27/h2-12,14,20-21,27H,13,15-17H2,1H3. The lowest BCUT2D eigenvalue weighted by atomic mass is 9.89. The van der Waals surface area contributed by atoms with E-state index in [2.05, 4.69) is 24.3 Å². The molecule has 0 radical (unpaired) electrons. The largest absolute Gasteiger partial charge is 0.465 e. The summed E-state index contributed by atoms with van der Waals surface area (Å²) in [5.41, 5.74) is 5.66. The zero-order valence-corrected chi connectivity index (χ0v) is 21.2. The van der Waals surface area contributed by atoms with Crippen molar-refractivity contribution >= 4 is 23.3 Å². The summed E-state index contributed by atoms with van der Waals surface area (Å²) in [5.74, 6) is -0.696. The van der Waals surface area contributed by atoms with Gasteiger partial charge < -0.3 is 14.2 Å². The topological polar surface area (TPSA) is 108 Å². The Morgan fingerprint density at radius 3 is 2.33 bits per heavy atom. The van der Waals surface area contributed by atoms with E-state index in [0.717, 1.165) is 27.8 Å². The predicted molar refractivity (Wildman–Crippen MR) is 142 cm³/mol. The lowest BCUT2D eigenvalue weighted by molar-refractivity contribution is -0.385. The lowest BCUT2D eigenvalue weighted by Crippen LogP contribution is -2.56. The van der Waals surface area contributed by atoms with E-state index in [1.807, 2.05) is 30.3 Å². The minimum Gasteiger partial charge on any atom is -0.465 e. The molecule has 2 unspecified atom stereocenters. The van der Waals surface area contributed by atoms with Gasteiger partial charge in [0, 0.05) is 12.0 Å². The van der Waals surface area contributed by atoms with Gasteiger partial charge in [-0.25, -0.2) is 9.59 Å². The Balaban J connectivity index is 1.24. The first kappa shape index (κ1) is 24.8. The Morgan fingerprint density at radius 2 is 1.69 bits per heavy atom. The molecule has 0 N–H and O–H groups in total. The SMILES string of the molecule is COC(=O)c1ccc(C2=CC3COCC(C2)N3C(=O)OCC2c3ccccc3-c3ccccc32)c([N+](=O)[O-])c1. The monoisotopic (exact) mass is 526 g/mol. The smallest absolute Gasteiger partial charge is 0.410 e. The number of amides is 1. The predicted octanol–water partition coefficient (Wildman–Crippen LogP) is 5.19. The molecule has 2 atom stereocenters. The van der Waals surface area contributed by atoms with Crippen LogP contribution in [-0.4, -0.2) is 60.9 Å². The van der Waals surface area contributed by atoms with E-state index < -0.39 is 23.0 Å². The maximum atomic E-state index is 13.4. The Labute approximate surface area is 224 Å². The average Bonchev–Trinajstić information content (AvgIpc) is 3.28. The summed E-state index contributed by atoms with van der Waals surface area (Å²) in [6.45, 7) is 0.769. The first-order valence-corrected chi connectivity index (χ1v) is 12.7. The number of rotatable bonds is 5. The second-order valence-corrected chi connectivity index (χ2v) is 9.85. The number of carbonyl (C=O) groups is 2. The molecule has 39 heavy (non-hydrogen) atoms. The normalized spacial score (nSPS) is 19.5. The molecule has 3 aliphatic rings. The quantitative estimate of drug-likeness (QED) is 0.256. The van der Waals surface area contributed by atoms with Crippen LogP contribution in [0, 0.1) is 10.1 Å². The molecule has 1 saturated heterocycles. The summed E-state index contributed by atoms with van der Waals surface area (Å²) in [5, 5.41) is 11.9. The molecule has 9 heteroatoms. The van der Waals surface area contributed by atoms with Gasteiger partial charge in [-0.2, -0.15) is 0 Å². The van der Waals surface area contributed by atoms with Crippen LogP contribution < -0.4 is 0 Å². The van der Waals surface area contributed by atoms with Gasteiger partial charge in [0.1, 0.15) is 6.61 Å². The number of benzene rings is 3. The number of nitro groups is 1. The minimum atomic E-state index is -0.644. The van der Waals surface area contributed by atoms with Crippen LogP contribution in [0.3, 0.4) is 0 Å². The van der Waals surface area contributed by atoms with Crippen LogP contribution >= 0.6 is 0 Å². The van der Waals surface area contributed by atoms with Crippen molar-refractivity contribution in [3.8, 4) is 11.1 Å². The van der Waals surface area contributed by atoms with E-state index in [0.29, 0.717) is 18.6 Å². The van der Waals surface area contributed by atoms with Gasteiger partial charge in [-0.15, -0.1) is 0 Å². The van der Waals surface area contributed by atoms with Gasteiger partial charge in [0.05, 0.1) is 48.5 Å². The number of esters is 1. The summed E-state index contributed by atoms with van der Waals surface area (Å²) < 4.78 is 16.3. The van der Waals surface area contributed by atoms with E-state index in [4.69, 9.17) is 14.2 Å². The maximum Gasteiger partial charge on any atom is 0.410 e. The summed E-state index contributed by atoms with van der Waals surface area (Å²) in [6, 6.07) is 19.9. The number of nitrogens with zero attached hydrogens (tertiary/aromatic N) is 2. The Kier molecular flexibility index (Phi) is 6.36. The highest BCUT2D eigenvalue weighted by atomic mass is 16.6. The zero-order valence-electron chi connectivity index (χ0n) is 21.2. The van der Waals surface area contributed by atoms with E-state index in [1.165, 1.54) is 19.2 Å². The fraction of sp³-hybridized carbons (Fsp3) is 0.267. The number of methoxy groups -OCH3 is 1. The van der Waals surface area contributed by atoms with E-state index >= 15 is 0 Å². The van der Waals surface area contributed by atoms with Crippen molar-refractivity contribution in [1.82, 2.24) is 4.90 Å². The van der Waals surface area contributed by atoms with Crippen molar-refractivity contribution < 1.29 is 28.7 Å². The molecular weight excluding hydrogens is 500 g/mol. The number of ether oxygens (including phenoxy) is 3. The summed E-state index contributed by atoms with van der Waals surface area (Å²) in [4.78, 5) is 38.4. The molecule has 0 aromatic heterocycles. The van der Waals surface area contributed by atoms with Crippen LogP contribution in [0.1, 0.15) is 39.4 Å². The highest BCUT2D eigenvalue weighted by Gasteiger charge is 2.41. The number of nitro benzene ring substituents is 1. The van der Waals surface area contributed by atoms with Crippen LogP contribution in [0.4, 0.5) is 10.5 Å². The first-order valence-electron chi connectivity index (χ1n) is 12.7. The number of carbonyl (C=O) groups excluding carboxylic acids is 2. The van der Waals surface area contributed by atoms with Gasteiger partial charge in [-0.3, -0.25) is 15.0 Å². The van der Waals surface area contributed by atoms with E-state index in [9.17, 15) is 19.7 Å². The van der Waals surface area contributed by atoms with E-state index in [1.54, 1.807) is 11.0 Å². The molecule has 2 bridgehead atoms. The Bertz CT molecular complexity index is 1470. The molecule has 1 aliphatic carbocycles. The minimum absolute atomic E-state index is 0.0516. The zero-order chi connectivity index (χ0) is 27.1. The molecule has 0 spiro atoms. The summed E-state index contributed by atoms with van der Waals surface area (Å²) in [6.07, 6.45) is 1.76. The first-order chi connectivity index (χ1) is 19.0. The number of hydrogen-bond acceptors (Lipinski definition) is 7. The average molecular weight is 527 g/mol. The molecule has 9 nitrogen and oxygen atoms in total. The third kappa shape index (κ3) is 4.34. The number of hydrogen-bond donors (Lipinski definition) is 0. The van der Waals surface area contributed by atoms with Gasteiger partial charge >= 0.3 is 12.1 Å². The highest BCUT2D eigenvalue weighted by molar-refractivity contribution is 5.91. The van der Waals surface area contributed by atoms with Crippen molar-refractivity contribution in [2.75, 3.05) is 26.9 Å². The van der Waals surface area contributed by atoms with Gasteiger partial charge in [0.25, 0.3) is 5.69 Å². The lowest BCUT2D eigenvalue weighted by Gasteiger charge is -2.43. The van der Waals surface area contributed by atoms with Crippen LogP contribution in [0.5, 0.6) is 0 Å². The Morgan fingerprint density at radius 1 is 1.00 bits per heavy atom. The fourth-order valence-electron chi connectivity index (χ4n) is 5.95. The molecule has 2 aliphatic heterocycles. The third-order valence-corrected chi connectivity index (χ3v) is 7.71. The van der Waals surface area contributed by atoms with Gasteiger partial charge in [-0.05, 0) is 46.4 Å². The van der Waals surface area contributed by atoms with Crippen LogP contribution in [0.15, 0.2) is 72.8 Å². The molecule has 3 aromatic carbocycles. The molecule has 6 rings (SSSR count). The van der Waals surface area contributed by atoms with Crippen molar-refractivity contribution in [1.29, 1.82) is 0 Å². The van der Waals surface area contributed by atoms with Gasteiger partial charge in [-0.1, -0.05) is 54.6 Å². The van der Waals surface area contributed by atoms with Crippen molar-refractivity contribution in [3.63, 3.8) is 0 Å². The van der Waals surface area contributed by atoms with Crippen molar-refractivity contribution in [2.45, 2.75) is 24.4 Å². The number of morpholine rings is 1. The molecule has 2 heterocycles. The second kappa shape index (κ2) is 9.99. The molecule has 3 aromatic rings. The van der Waals surface area contributed by atoms with E-state index in [-0.39, 0.29) is 36.4 Å². The summed E-state index contributed by atoms with van der Waals surface area (Å²) >= 11 is 0. The molecule has 1 amide bonds. The third-order valence-electron chi connectivity index (χ3n) is 7.71. The van der Waals surface area contributed by atoms with Gasteiger partial charge in [0.2, 0.25) is 0 Å². The molecule has 0 saturated carbocycles. The molecule has 198 valence electrons. The number of fused-ring (bicyclic) bond motifs is 5. The van der Waals surface area contributed by atoms with Crippen LogP contribution in [0.2, 0.25) is 0 Å². The fourth-order valence-corrected chi connectivity index (χ4v) is 5.95. The van der Waals surface area contributed by atoms with Crippen molar-refractivity contribution in [3.05, 3.63) is 105 Å². The summed E-state index contributed by atoms with van der Waals surface area (Å²) in [7, 11) is 1.23. The Hall–Kier alpha value is -4.50. The highest BCUT2D eigenvalue weighted by Crippen LogP contribution is 2.45. The van der Waals surface area contributed by atoms with Crippen LogP contribution in [-0.2, 0) is 14.2 Å². The van der Waals surface area contributed by atoms with Crippen molar-refractivity contribution in [2.24, 2.45) is 0 Å². The van der Waals surface area contributed by atoms with Gasteiger partial charge in [0.15, 0.2) is 0 Å². The molecular formula is C30H26N2O7. The second-order valence-electron chi connectivity index (χ2n) is 9.85. The maximum absolute atomic E-state index is 13.4. The molecule has 1 fully saturated rings. The van der Waals surface area contributed by atoms with Crippen LogP contribution in [0.25, 0.3) is 16.7 Å².